The van der Waals surface area contributed by atoms with E-state index in [0.29, 0.717) is 42.1 Å². The van der Waals surface area contributed by atoms with Gasteiger partial charge in [0.15, 0.2) is 6.61 Å². The smallest absolute Gasteiger partial charge is 0.338 e. The van der Waals surface area contributed by atoms with Crippen molar-refractivity contribution in [1.82, 2.24) is 4.90 Å². The molecule has 0 saturated carbocycles. The van der Waals surface area contributed by atoms with Gasteiger partial charge < -0.3 is 19.1 Å². The number of benzene rings is 1. The lowest BCUT2D eigenvalue weighted by Gasteiger charge is -2.26. The van der Waals surface area contributed by atoms with Gasteiger partial charge in [0.1, 0.15) is 5.75 Å². The number of carbonyl (C=O) groups excluding carboxylic acids is 2. The van der Waals surface area contributed by atoms with Crippen molar-refractivity contribution < 1.29 is 23.8 Å². The Morgan fingerprint density at radius 1 is 1.33 bits per heavy atom. The maximum Gasteiger partial charge on any atom is 0.338 e. The Kier molecular flexibility index (Phi) is 5.58. The highest BCUT2D eigenvalue weighted by molar-refractivity contribution is 9.10. The van der Waals surface area contributed by atoms with E-state index in [2.05, 4.69) is 15.9 Å². The van der Waals surface area contributed by atoms with Gasteiger partial charge in [-0.3, -0.25) is 4.79 Å². The number of carbonyl (C=O) groups is 2. The molecule has 1 aromatic carbocycles. The van der Waals surface area contributed by atoms with Crippen molar-refractivity contribution in [2.75, 3.05) is 40.0 Å². The van der Waals surface area contributed by atoms with E-state index in [1.165, 1.54) is 0 Å². The van der Waals surface area contributed by atoms with Gasteiger partial charge in [-0.1, -0.05) is 0 Å². The lowest BCUT2D eigenvalue weighted by Crippen LogP contribution is -2.42. The fraction of sp³-hybridized carbons (Fsp3) is 0.429. The van der Waals surface area contributed by atoms with Gasteiger partial charge in [-0.25, -0.2) is 4.79 Å². The Hall–Kier alpha value is -1.60. The molecule has 114 valence electrons. The van der Waals surface area contributed by atoms with Crippen LogP contribution in [-0.2, 0) is 14.3 Å². The number of halogens is 1. The molecule has 0 aliphatic carbocycles. The summed E-state index contributed by atoms with van der Waals surface area (Å²) in [5.41, 5.74) is 0.359. The highest BCUT2D eigenvalue weighted by atomic mass is 79.9. The van der Waals surface area contributed by atoms with Crippen LogP contribution in [0.4, 0.5) is 0 Å². The summed E-state index contributed by atoms with van der Waals surface area (Å²) in [6, 6.07) is 4.84. The van der Waals surface area contributed by atoms with Gasteiger partial charge in [0, 0.05) is 13.1 Å². The molecule has 0 spiro atoms. The molecule has 1 fully saturated rings. The first-order valence-electron chi connectivity index (χ1n) is 6.48. The number of hydrogen-bond acceptors (Lipinski definition) is 5. The van der Waals surface area contributed by atoms with E-state index in [-0.39, 0.29) is 12.5 Å². The van der Waals surface area contributed by atoms with Crippen LogP contribution in [0.15, 0.2) is 22.7 Å². The molecule has 0 radical (unpaired) electrons. The van der Waals surface area contributed by atoms with Gasteiger partial charge >= 0.3 is 5.97 Å². The van der Waals surface area contributed by atoms with Crippen LogP contribution in [0.2, 0.25) is 0 Å². The van der Waals surface area contributed by atoms with Crippen molar-refractivity contribution in [2.45, 2.75) is 0 Å². The second-order valence-electron chi connectivity index (χ2n) is 4.42. The first kappa shape index (κ1) is 15.8. The molecule has 0 bridgehead atoms. The van der Waals surface area contributed by atoms with Crippen LogP contribution < -0.4 is 4.74 Å². The normalized spacial score (nSPS) is 14.7. The van der Waals surface area contributed by atoms with E-state index in [1.54, 1.807) is 30.2 Å². The molecule has 1 aliphatic heterocycles. The van der Waals surface area contributed by atoms with E-state index in [9.17, 15) is 9.59 Å². The van der Waals surface area contributed by atoms with Crippen LogP contribution in [-0.4, -0.2) is 56.8 Å². The summed E-state index contributed by atoms with van der Waals surface area (Å²) in [7, 11) is 1.54. The summed E-state index contributed by atoms with van der Waals surface area (Å²) in [5, 5.41) is 0. The SMILES string of the molecule is COc1ccc(C(=O)OCC(=O)N2CCOCC2)cc1Br. The Bertz CT molecular complexity index is 528. The lowest BCUT2D eigenvalue weighted by molar-refractivity contribution is -0.138. The fourth-order valence-corrected chi connectivity index (χ4v) is 2.45. The number of hydrogen-bond donors (Lipinski definition) is 0. The third-order valence-electron chi connectivity index (χ3n) is 3.08. The quantitative estimate of drug-likeness (QED) is 0.763. The first-order valence-corrected chi connectivity index (χ1v) is 7.27. The summed E-state index contributed by atoms with van der Waals surface area (Å²) in [6.45, 7) is 1.84. The number of esters is 1. The Balaban J connectivity index is 1.89. The second-order valence-corrected chi connectivity index (χ2v) is 5.27. The average Bonchev–Trinajstić information content (AvgIpc) is 2.53. The van der Waals surface area contributed by atoms with Crippen molar-refractivity contribution in [3.05, 3.63) is 28.2 Å². The van der Waals surface area contributed by atoms with Crippen LogP contribution in [0.3, 0.4) is 0 Å². The minimum Gasteiger partial charge on any atom is -0.496 e. The highest BCUT2D eigenvalue weighted by Gasteiger charge is 2.19. The van der Waals surface area contributed by atoms with Crippen LogP contribution in [0, 0.1) is 0 Å². The van der Waals surface area contributed by atoms with Crippen LogP contribution in [0.5, 0.6) is 5.75 Å². The van der Waals surface area contributed by atoms with Crippen LogP contribution in [0.1, 0.15) is 10.4 Å². The van der Waals surface area contributed by atoms with Crippen molar-refractivity contribution in [1.29, 1.82) is 0 Å². The van der Waals surface area contributed by atoms with Gasteiger partial charge in [-0.15, -0.1) is 0 Å². The predicted octanol–water partition coefficient (Wildman–Crippen LogP) is 1.47. The van der Waals surface area contributed by atoms with E-state index < -0.39 is 5.97 Å². The molecule has 0 atom stereocenters. The van der Waals surface area contributed by atoms with Gasteiger partial charge in [0.25, 0.3) is 5.91 Å². The summed E-state index contributed by atoms with van der Waals surface area (Å²) >= 11 is 3.30. The van der Waals surface area contributed by atoms with Gasteiger partial charge in [0.2, 0.25) is 0 Å². The molecule has 6 nitrogen and oxygen atoms in total. The van der Waals surface area contributed by atoms with Crippen molar-refractivity contribution in [3.63, 3.8) is 0 Å². The largest absolute Gasteiger partial charge is 0.496 e. The molecule has 0 unspecified atom stereocenters. The zero-order valence-corrected chi connectivity index (χ0v) is 13.2. The van der Waals surface area contributed by atoms with Crippen LogP contribution >= 0.6 is 15.9 Å². The summed E-state index contributed by atoms with van der Waals surface area (Å²) in [5.74, 6) is -0.130. The molecular formula is C14H16BrNO5. The molecule has 0 N–H and O–H groups in total. The highest BCUT2D eigenvalue weighted by Crippen LogP contribution is 2.25. The molecule has 21 heavy (non-hydrogen) atoms. The average molecular weight is 358 g/mol. The van der Waals surface area contributed by atoms with E-state index in [4.69, 9.17) is 14.2 Å². The fourth-order valence-electron chi connectivity index (χ4n) is 1.91. The predicted molar refractivity (Wildman–Crippen MR) is 78.4 cm³/mol. The number of ether oxygens (including phenoxy) is 3. The maximum absolute atomic E-state index is 11.9. The first-order chi connectivity index (χ1) is 10.1. The molecule has 7 heteroatoms. The summed E-state index contributed by atoms with van der Waals surface area (Å²) in [6.07, 6.45) is 0. The third kappa shape index (κ3) is 4.18. The number of nitrogens with zero attached hydrogens (tertiary/aromatic N) is 1. The topological polar surface area (TPSA) is 65.1 Å². The van der Waals surface area contributed by atoms with Crippen molar-refractivity contribution in [3.8, 4) is 5.75 Å². The number of rotatable bonds is 4. The molecule has 1 amide bonds. The number of methoxy groups -OCH3 is 1. The molecule has 1 aromatic rings. The standard InChI is InChI=1S/C14H16BrNO5/c1-19-12-3-2-10(8-11(12)15)14(18)21-9-13(17)16-4-6-20-7-5-16/h2-3,8H,4-7,9H2,1H3. The molecule has 0 aromatic heterocycles. The molecule has 1 saturated heterocycles. The monoisotopic (exact) mass is 357 g/mol. The van der Waals surface area contributed by atoms with Crippen molar-refractivity contribution in [2.24, 2.45) is 0 Å². The summed E-state index contributed by atoms with van der Waals surface area (Å²) in [4.78, 5) is 25.4. The van der Waals surface area contributed by atoms with E-state index in [0.717, 1.165) is 0 Å². The van der Waals surface area contributed by atoms with E-state index in [1.807, 2.05) is 0 Å². The minimum absolute atomic E-state index is 0.209. The molecular weight excluding hydrogens is 342 g/mol. The molecule has 1 aliphatic rings. The van der Waals surface area contributed by atoms with Gasteiger partial charge in [0.05, 0.1) is 30.4 Å². The second kappa shape index (κ2) is 7.42. The van der Waals surface area contributed by atoms with E-state index >= 15 is 0 Å². The zero-order valence-electron chi connectivity index (χ0n) is 11.6. The molecule has 1 heterocycles. The van der Waals surface area contributed by atoms with Crippen molar-refractivity contribution >= 4 is 27.8 Å². The molecule has 2 rings (SSSR count). The lowest BCUT2D eigenvalue weighted by atomic mass is 10.2. The minimum atomic E-state index is -0.542. The summed E-state index contributed by atoms with van der Waals surface area (Å²) < 4.78 is 15.9. The third-order valence-corrected chi connectivity index (χ3v) is 3.70. The number of amides is 1. The Morgan fingerprint density at radius 2 is 2.05 bits per heavy atom. The maximum atomic E-state index is 11.9. The number of morpholine rings is 1. The zero-order chi connectivity index (χ0) is 15.2. The Labute approximate surface area is 131 Å². The van der Waals surface area contributed by atoms with Crippen LogP contribution in [0.25, 0.3) is 0 Å². The van der Waals surface area contributed by atoms with Gasteiger partial charge in [-0.05, 0) is 34.1 Å². The Morgan fingerprint density at radius 3 is 2.67 bits per heavy atom. The van der Waals surface area contributed by atoms with Gasteiger partial charge in [-0.2, -0.15) is 0 Å².